The average Bonchev–Trinajstić information content (AvgIpc) is 2.17. The molecule has 0 atom stereocenters. The fourth-order valence-electron chi connectivity index (χ4n) is 0.435. The van der Waals surface area contributed by atoms with Crippen LogP contribution < -0.4 is 11.1 Å². The number of rotatable bonds is 4. The molecular weight excluding hydrogens is 196 g/mol. The van der Waals surface area contributed by atoms with E-state index in [0.29, 0.717) is 5.57 Å². The number of amides is 2. The van der Waals surface area contributed by atoms with Crippen molar-refractivity contribution in [2.24, 2.45) is 11.7 Å². The molecule has 0 rings (SSSR count). The molecule has 0 unspecified atom stereocenters. The molecule has 0 fully saturated rings. The van der Waals surface area contributed by atoms with Crippen molar-refractivity contribution in [1.82, 2.24) is 5.32 Å². The molecule has 0 radical (unpaired) electrons. The van der Waals surface area contributed by atoms with Crippen LogP contribution in [0.4, 0.5) is 0 Å². The standard InChI is InChI=1S/C6H11NO.C4H7NO2/c1-4(2)5(3)6(7)8;1-2-4(7)5-3-6/h4H,3H2,1-2H3,(H2,7,8);2,6H,1,3H2,(H,5,7). The van der Waals surface area contributed by atoms with Crippen LogP contribution in [0.5, 0.6) is 0 Å². The Morgan fingerprint density at radius 3 is 2.07 bits per heavy atom. The summed E-state index contributed by atoms with van der Waals surface area (Å²) in [4.78, 5) is 20.3. The van der Waals surface area contributed by atoms with Crippen LogP contribution in [0, 0.1) is 5.92 Å². The number of carbonyl (C=O) groups excluding carboxylic acids is 2. The molecule has 0 bridgehead atoms. The molecule has 0 aromatic heterocycles. The number of hydrogen-bond acceptors (Lipinski definition) is 3. The SMILES string of the molecule is C=C(C(N)=O)C(C)C.C=CC(=O)NCO. The fraction of sp³-hybridized carbons (Fsp3) is 0.400. The van der Waals surface area contributed by atoms with Gasteiger partial charge < -0.3 is 16.2 Å². The molecule has 0 aromatic carbocycles. The smallest absolute Gasteiger partial charge is 0.245 e. The quantitative estimate of drug-likeness (QED) is 0.451. The molecule has 0 aliphatic rings. The zero-order chi connectivity index (χ0) is 12.4. The van der Waals surface area contributed by atoms with Crippen molar-refractivity contribution in [3.8, 4) is 0 Å². The number of aliphatic hydroxyl groups is 1. The van der Waals surface area contributed by atoms with Gasteiger partial charge in [0, 0.05) is 5.57 Å². The minimum atomic E-state index is -0.403. The summed E-state index contributed by atoms with van der Waals surface area (Å²) < 4.78 is 0. The van der Waals surface area contributed by atoms with Gasteiger partial charge in [-0.2, -0.15) is 0 Å². The van der Waals surface area contributed by atoms with Crippen LogP contribution in [-0.4, -0.2) is 23.7 Å². The van der Waals surface area contributed by atoms with Gasteiger partial charge in [-0.25, -0.2) is 0 Å². The van der Waals surface area contributed by atoms with E-state index in [9.17, 15) is 9.59 Å². The number of aliphatic hydroxyl groups excluding tert-OH is 1. The van der Waals surface area contributed by atoms with Crippen molar-refractivity contribution in [2.75, 3.05) is 6.73 Å². The molecule has 0 heterocycles. The lowest BCUT2D eigenvalue weighted by molar-refractivity contribution is -0.117. The number of nitrogens with two attached hydrogens (primary N) is 1. The second-order valence-electron chi connectivity index (χ2n) is 2.95. The highest BCUT2D eigenvalue weighted by Crippen LogP contribution is 2.03. The molecule has 0 aliphatic carbocycles. The third-order valence-electron chi connectivity index (χ3n) is 1.45. The molecule has 0 spiro atoms. The minimum Gasteiger partial charge on any atom is -0.376 e. The van der Waals surface area contributed by atoms with E-state index in [-0.39, 0.29) is 18.6 Å². The lowest BCUT2D eigenvalue weighted by Gasteiger charge is -2.01. The Balaban J connectivity index is 0. The Morgan fingerprint density at radius 1 is 1.53 bits per heavy atom. The van der Waals surface area contributed by atoms with Gasteiger partial charge in [-0.15, -0.1) is 0 Å². The Kier molecular flexibility index (Phi) is 9.45. The van der Waals surface area contributed by atoms with Crippen molar-refractivity contribution in [3.05, 3.63) is 24.8 Å². The largest absolute Gasteiger partial charge is 0.376 e. The molecule has 2 amide bonds. The van der Waals surface area contributed by atoms with E-state index in [1.807, 2.05) is 13.8 Å². The van der Waals surface area contributed by atoms with E-state index in [1.165, 1.54) is 0 Å². The van der Waals surface area contributed by atoms with Gasteiger partial charge in [-0.05, 0) is 12.0 Å². The average molecular weight is 214 g/mol. The lowest BCUT2D eigenvalue weighted by atomic mass is 10.1. The maximum Gasteiger partial charge on any atom is 0.245 e. The Hall–Kier alpha value is -1.62. The van der Waals surface area contributed by atoms with Crippen LogP contribution in [0.1, 0.15) is 13.8 Å². The van der Waals surface area contributed by atoms with E-state index in [1.54, 1.807) is 0 Å². The van der Waals surface area contributed by atoms with Crippen LogP contribution >= 0.6 is 0 Å². The van der Waals surface area contributed by atoms with Gasteiger partial charge in [0.2, 0.25) is 11.8 Å². The highest BCUT2D eigenvalue weighted by Gasteiger charge is 2.03. The Morgan fingerprint density at radius 2 is 2.00 bits per heavy atom. The number of nitrogens with one attached hydrogen (secondary N) is 1. The number of hydrogen-bond donors (Lipinski definition) is 3. The van der Waals surface area contributed by atoms with E-state index < -0.39 is 5.91 Å². The Bertz CT molecular complexity index is 247. The normalized spacial score (nSPS) is 8.53. The predicted octanol–water partition coefficient (Wildman–Crippen LogP) is -0.0777. The summed E-state index contributed by atoms with van der Waals surface area (Å²) in [6.45, 7) is 10.1. The van der Waals surface area contributed by atoms with E-state index in [0.717, 1.165) is 6.08 Å². The molecule has 86 valence electrons. The molecule has 0 saturated carbocycles. The summed E-state index contributed by atoms with van der Waals surface area (Å²) in [5, 5.41) is 10.1. The van der Waals surface area contributed by atoms with Gasteiger partial charge in [0.15, 0.2) is 0 Å². The molecule has 5 heteroatoms. The van der Waals surface area contributed by atoms with Crippen LogP contribution in [0.2, 0.25) is 0 Å². The molecular formula is C10H18N2O3. The van der Waals surface area contributed by atoms with E-state index >= 15 is 0 Å². The maximum atomic E-state index is 10.3. The topological polar surface area (TPSA) is 92.4 Å². The lowest BCUT2D eigenvalue weighted by Crippen LogP contribution is -2.20. The summed E-state index contributed by atoms with van der Waals surface area (Å²) in [5.41, 5.74) is 5.39. The van der Waals surface area contributed by atoms with Gasteiger partial charge in [0.05, 0.1) is 0 Å². The van der Waals surface area contributed by atoms with Crippen molar-refractivity contribution in [1.29, 1.82) is 0 Å². The van der Waals surface area contributed by atoms with Crippen LogP contribution in [-0.2, 0) is 9.59 Å². The number of carbonyl (C=O) groups is 2. The van der Waals surface area contributed by atoms with Crippen molar-refractivity contribution >= 4 is 11.8 Å². The van der Waals surface area contributed by atoms with Crippen molar-refractivity contribution in [2.45, 2.75) is 13.8 Å². The van der Waals surface area contributed by atoms with Gasteiger partial charge in [0.1, 0.15) is 6.73 Å². The first-order valence-corrected chi connectivity index (χ1v) is 4.36. The molecule has 15 heavy (non-hydrogen) atoms. The van der Waals surface area contributed by atoms with Crippen LogP contribution in [0.3, 0.4) is 0 Å². The van der Waals surface area contributed by atoms with Gasteiger partial charge in [-0.1, -0.05) is 27.0 Å². The van der Waals surface area contributed by atoms with Gasteiger partial charge in [0.25, 0.3) is 0 Å². The third-order valence-corrected chi connectivity index (χ3v) is 1.45. The van der Waals surface area contributed by atoms with Gasteiger partial charge >= 0.3 is 0 Å². The van der Waals surface area contributed by atoms with Crippen molar-refractivity contribution in [3.63, 3.8) is 0 Å². The summed E-state index contributed by atoms with van der Waals surface area (Å²) >= 11 is 0. The first-order valence-electron chi connectivity index (χ1n) is 4.36. The summed E-state index contributed by atoms with van der Waals surface area (Å²) in [7, 11) is 0. The van der Waals surface area contributed by atoms with Crippen molar-refractivity contribution < 1.29 is 14.7 Å². The summed E-state index contributed by atoms with van der Waals surface area (Å²) in [6, 6.07) is 0. The third kappa shape index (κ3) is 10.3. The second-order valence-corrected chi connectivity index (χ2v) is 2.95. The zero-order valence-corrected chi connectivity index (χ0v) is 9.12. The zero-order valence-electron chi connectivity index (χ0n) is 9.12. The number of primary amides is 1. The molecule has 0 saturated heterocycles. The highest BCUT2D eigenvalue weighted by molar-refractivity contribution is 5.91. The maximum absolute atomic E-state index is 10.3. The monoisotopic (exact) mass is 214 g/mol. The molecule has 5 nitrogen and oxygen atoms in total. The van der Waals surface area contributed by atoms with E-state index in [4.69, 9.17) is 10.8 Å². The summed E-state index contributed by atoms with van der Waals surface area (Å²) in [5.74, 6) is -0.588. The summed E-state index contributed by atoms with van der Waals surface area (Å²) in [6.07, 6.45) is 1.09. The molecule has 0 aromatic rings. The first-order chi connectivity index (χ1) is 6.86. The molecule has 4 N–H and O–H groups in total. The predicted molar refractivity (Wildman–Crippen MR) is 58.6 cm³/mol. The van der Waals surface area contributed by atoms with Gasteiger partial charge in [-0.3, -0.25) is 9.59 Å². The van der Waals surface area contributed by atoms with Crippen LogP contribution in [0.25, 0.3) is 0 Å². The van der Waals surface area contributed by atoms with Crippen LogP contribution in [0.15, 0.2) is 24.8 Å². The minimum absolute atomic E-state index is 0.174. The Labute approximate surface area is 89.7 Å². The fourth-order valence-corrected chi connectivity index (χ4v) is 0.435. The highest BCUT2D eigenvalue weighted by atomic mass is 16.3. The molecule has 0 aliphatic heterocycles. The second kappa shape index (κ2) is 8.96. The first kappa shape index (κ1) is 15.8. The van der Waals surface area contributed by atoms with E-state index in [2.05, 4.69) is 18.5 Å².